The summed E-state index contributed by atoms with van der Waals surface area (Å²) in [6.07, 6.45) is 4.52. The fourth-order valence-corrected chi connectivity index (χ4v) is 2.38. The van der Waals surface area contributed by atoms with Gasteiger partial charge in [0.25, 0.3) is 0 Å². The molecular weight excluding hydrogens is 234 g/mol. The van der Waals surface area contributed by atoms with Crippen molar-refractivity contribution in [1.82, 2.24) is 4.98 Å². The minimum Gasteiger partial charge on any atom is -0.265 e. The Morgan fingerprint density at radius 2 is 1.74 bits per heavy atom. The van der Waals surface area contributed by atoms with Gasteiger partial charge in [-0.25, -0.2) is 0 Å². The summed E-state index contributed by atoms with van der Waals surface area (Å²) in [7, 11) is 0. The Labute approximate surface area is 112 Å². The lowest BCUT2D eigenvalue weighted by Gasteiger charge is -2.13. The van der Waals surface area contributed by atoms with E-state index in [4.69, 9.17) is 0 Å². The van der Waals surface area contributed by atoms with Gasteiger partial charge in [0, 0.05) is 18.0 Å². The van der Waals surface area contributed by atoms with Crippen molar-refractivity contribution in [2.75, 3.05) is 0 Å². The maximum Gasteiger partial charge on any atom is 0.124 e. The molecule has 0 bridgehead atoms. The van der Waals surface area contributed by atoms with Crippen LogP contribution in [0.25, 0.3) is 5.57 Å². The summed E-state index contributed by atoms with van der Waals surface area (Å²) in [4.78, 5) is 4.08. The predicted molar refractivity (Wildman–Crippen MR) is 75.5 cm³/mol. The third-order valence-corrected chi connectivity index (χ3v) is 3.32. The number of pyridine rings is 1. The second kappa shape index (κ2) is 5.14. The molecule has 0 spiro atoms. The zero-order valence-electron chi connectivity index (χ0n) is 10.8. The van der Waals surface area contributed by atoms with Crippen LogP contribution in [0.1, 0.15) is 30.5 Å². The quantitative estimate of drug-likeness (QED) is 0.793. The fourth-order valence-electron chi connectivity index (χ4n) is 2.38. The summed E-state index contributed by atoms with van der Waals surface area (Å²) in [6.45, 7) is 2.11. The van der Waals surface area contributed by atoms with Crippen molar-refractivity contribution in [3.8, 4) is 0 Å². The van der Waals surface area contributed by atoms with Crippen LogP contribution in [0.5, 0.6) is 0 Å². The summed E-state index contributed by atoms with van der Waals surface area (Å²) >= 11 is 0. The van der Waals surface area contributed by atoms with Gasteiger partial charge in [-0.2, -0.15) is 10.2 Å². The molecule has 1 aliphatic heterocycles. The summed E-state index contributed by atoms with van der Waals surface area (Å²) in [5.41, 5.74) is 4.61. The van der Waals surface area contributed by atoms with E-state index in [1.807, 2.05) is 42.7 Å². The van der Waals surface area contributed by atoms with Crippen LogP contribution >= 0.6 is 0 Å². The monoisotopic (exact) mass is 249 g/mol. The van der Waals surface area contributed by atoms with Gasteiger partial charge in [0.15, 0.2) is 0 Å². The van der Waals surface area contributed by atoms with E-state index in [1.54, 1.807) is 0 Å². The SMILES string of the molecule is CCC1=C(c2ccncc2)C(c2ccccc2)N=N1. The molecule has 19 heavy (non-hydrogen) atoms. The van der Waals surface area contributed by atoms with Gasteiger partial charge in [-0.1, -0.05) is 37.3 Å². The van der Waals surface area contributed by atoms with Gasteiger partial charge in [0.1, 0.15) is 6.04 Å². The molecule has 1 aromatic carbocycles. The molecule has 3 rings (SSSR count). The number of azo groups is 1. The molecule has 0 radical (unpaired) electrons. The first-order valence-corrected chi connectivity index (χ1v) is 6.49. The Kier molecular flexibility index (Phi) is 3.19. The molecule has 3 nitrogen and oxygen atoms in total. The topological polar surface area (TPSA) is 37.6 Å². The Morgan fingerprint density at radius 3 is 2.42 bits per heavy atom. The summed E-state index contributed by atoms with van der Waals surface area (Å²) in [6, 6.07) is 14.4. The van der Waals surface area contributed by atoms with E-state index in [0.717, 1.165) is 17.7 Å². The van der Waals surface area contributed by atoms with E-state index in [0.29, 0.717) is 0 Å². The highest BCUT2D eigenvalue weighted by molar-refractivity contribution is 5.75. The molecule has 2 aromatic rings. The molecule has 1 unspecified atom stereocenters. The minimum absolute atomic E-state index is 0.0125. The first-order valence-electron chi connectivity index (χ1n) is 6.49. The van der Waals surface area contributed by atoms with Gasteiger partial charge in [0.05, 0.1) is 5.70 Å². The zero-order valence-corrected chi connectivity index (χ0v) is 10.8. The lowest BCUT2D eigenvalue weighted by molar-refractivity contribution is 0.887. The van der Waals surface area contributed by atoms with E-state index in [9.17, 15) is 0 Å². The van der Waals surface area contributed by atoms with Crippen LogP contribution in [0.4, 0.5) is 0 Å². The Morgan fingerprint density at radius 1 is 1.00 bits per heavy atom. The van der Waals surface area contributed by atoms with Crippen molar-refractivity contribution in [3.63, 3.8) is 0 Å². The predicted octanol–water partition coefficient (Wildman–Crippen LogP) is 4.41. The van der Waals surface area contributed by atoms with Crippen molar-refractivity contribution in [1.29, 1.82) is 0 Å². The highest BCUT2D eigenvalue weighted by atomic mass is 15.2. The number of hydrogen-bond acceptors (Lipinski definition) is 3. The van der Waals surface area contributed by atoms with Crippen LogP contribution < -0.4 is 0 Å². The van der Waals surface area contributed by atoms with E-state index < -0.39 is 0 Å². The maximum atomic E-state index is 4.45. The first kappa shape index (κ1) is 11.8. The smallest absolute Gasteiger partial charge is 0.124 e. The summed E-state index contributed by atoms with van der Waals surface area (Å²) < 4.78 is 0. The van der Waals surface area contributed by atoms with Crippen LogP contribution in [0.2, 0.25) is 0 Å². The van der Waals surface area contributed by atoms with Crippen LogP contribution in [0.3, 0.4) is 0 Å². The lowest BCUT2D eigenvalue weighted by Crippen LogP contribution is -1.98. The average molecular weight is 249 g/mol. The van der Waals surface area contributed by atoms with Gasteiger partial charge < -0.3 is 0 Å². The van der Waals surface area contributed by atoms with Crippen LogP contribution in [0, 0.1) is 0 Å². The van der Waals surface area contributed by atoms with Crippen molar-refractivity contribution >= 4 is 5.57 Å². The molecule has 0 fully saturated rings. The van der Waals surface area contributed by atoms with Crippen LogP contribution in [-0.4, -0.2) is 4.98 Å². The van der Waals surface area contributed by atoms with Crippen molar-refractivity contribution < 1.29 is 0 Å². The third-order valence-electron chi connectivity index (χ3n) is 3.32. The molecule has 1 atom stereocenters. The molecule has 1 aliphatic rings. The third kappa shape index (κ3) is 2.19. The first-order chi connectivity index (χ1) is 9.40. The number of nitrogens with zero attached hydrogens (tertiary/aromatic N) is 3. The molecule has 0 saturated heterocycles. The zero-order chi connectivity index (χ0) is 13.1. The Hall–Kier alpha value is -2.29. The van der Waals surface area contributed by atoms with Crippen molar-refractivity contribution in [2.45, 2.75) is 19.4 Å². The van der Waals surface area contributed by atoms with Crippen LogP contribution in [0.15, 0.2) is 70.8 Å². The van der Waals surface area contributed by atoms with Gasteiger partial charge in [0.2, 0.25) is 0 Å². The van der Waals surface area contributed by atoms with E-state index >= 15 is 0 Å². The van der Waals surface area contributed by atoms with Gasteiger partial charge in [-0.3, -0.25) is 4.98 Å². The molecule has 94 valence electrons. The van der Waals surface area contributed by atoms with Gasteiger partial charge in [-0.05, 0) is 29.7 Å². The maximum absolute atomic E-state index is 4.45. The normalized spacial score (nSPS) is 18.1. The second-order valence-electron chi connectivity index (χ2n) is 4.48. The van der Waals surface area contributed by atoms with E-state index in [1.165, 1.54) is 11.1 Å². The fraction of sp³-hybridized carbons (Fsp3) is 0.188. The average Bonchev–Trinajstić information content (AvgIpc) is 2.93. The number of allylic oxidation sites excluding steroid dienone is 1. The number of aromatic nitrogens is 1. The Bertz CT molecular complexity index is 615. The summed E-state index contributed by atoms with van der Waals surface area (Å²) in [5, 5.41) is 8.80. The van der Waals surface area contributed by atoms with Gasteiger partial charge >= 0.3 is 0 Å². The Balaban J connectivity index is 2.08. The molecular formula is C16H15N3. The highest BCUT2D eigenvalue weighted by Crippen LogP contribution is 2.41. The van der Waals surface area contributed by atoms with Gasteiger partial charge in [-0.15, -0.1) is 0 Å². The largest absolute Gasteiger partial charge is 0.265 e. The molecule has 2 heterocycles. The molecule has 0 N–H and O–H groups in total. The lowest BCUT2D eigenvalue weighted by atomic mass is 9.93. The van der Waals surface area contributed by atoms with Crippen LogP contribution in [-0.2, 0) is 0 Å². The van der Waals surface area contributed by atoms with E-state index in [-0.39, 0.29) is 6.04 Å². The number of hydrogen-bond donors (Lipinski definition) is 0. The molecule has 0 aliphatic carbocycles. The van der Waals surface area contributed by atoms with Crippen molar-refractivity contribution in [3.05, 3.63) is 71.7 Å². The number of benzene rings is 1. The summed E-state index contributed by atoms with van der Waals surface area (Å²) in [5.74, 6) is 0. The van der Waals surface area contributed by atoms with E-state index in [2.05, 4.69) is 34.3 Å². The van der Waals surface area contributed by atoms with Crippen molar-refractivity contribution in [2.24, 2.45) is 10.2 Å². The molecule has 3 heteroatoms. The number of rotatable bonds is 3. The molecule has 0 amide bonds. The molecule has 0 saturated carbocycles. The molecule has 1 aromatic heterocycles. The minimum atomic E-state index is 0.0125. The standard InChI is InChI=1S/C16H15N3/c1-2-14-15(12-8-10-17-11-9-12)16(19-18-14)13-6-4-3-5-7-13/h3-11,16H,2H2,1H3. The highest BCUT2D eigenvalue weighted by Gasteiger charge is 2.25. The second-order valence-corrected chi connectivity index (χ2v) is 4.48.